The number of benzene rings is 3. The molecule has 0 saturated carbocycles. The molecular weight excluding hydrogens is 384 g/mol. The van der Waals surface area contributed by atoms with Gasteiger partial charge in [-0.05, 0) is 29.8 Å². The molecule has 8 heteroatoms. The first-order valence-corrected chi connectivity index (χ1v) is 9.12. The zero-order valence-electron chi connectivity index (χ0n) is 15.7. The third-order valence-electron chi connectivity index (χ3n) is 4.60. The summed E-state index contributed by atoms with van der Waals surface area (Å²) in [7, 11) is 0. The molecule has 0 unspecified atom stereocenters. The minimum atomic E-state index is -0.522. The fourth-order valence-electron chi connectivity index (χ4n) is 3.09. The molecule has 4 rings (SSSR count). The van der Waals surface area contributed by atoms with Gasteiger partial charge in [-0.3, -0.25) is 14.9 Å². The van der Waals surface area contributed by atoms with Crippen LogP contribution in [0.3, 0.4) is 0 Å². The van der Waals surface area contributed by atoms with Crippen molar-refractivity contribution in [2.24, 2.45) is 0 Å². The molecule has 0 N–H and O–H groups in total. The van der Waals surface area contributed by atoms with Gasteiger partial charge in [0.2, 0.25) is 11.3 Å². The Balaban J connectivity index is 1.68. The summed E-state index contributed by atoms with van der Waals surface area (Å²) in [6.07, 6.45) is 1.30. The number of aromatic nitrogens is 3. The van der Waals surface area contributed by atoms with Crippen LogP contribution in [0.5, 0.6) is 0 Å². The SMILES string of the molecule is O=C(C[n+]1nn(/C=C(\[O-])c2ccc([N+](=O)[O-])cc2)c2ccccc21)c1ccccc1. The molecule has 3 aromatic carbocycles. The van der Waals surface area contributed by atoms with Crippen molar-refractivity contribution in [1.29, 1.82) is 0 Å². The highest BCUT2D eigenvalue weighted by molar-refractivity contribution is 5.95. The summed E-state index contributed by atoms with van der Waals surface area (Å²) in [6.45, 7) is 0.0249. The molecular formula is C22H16N4O4. The minimum absolute atomic E-state index is 0.0249. The zero-order chi connectivity index (χ0) is 21.1. The Hall–Kier alpha value is -4.33. The summed E-state index contributed by atoms with van der Waals surface area (Å²) in [5, 5.41) is 27.8. The van der Waals surface area contributed by atoms with E-state index in [-0.39, 0.29) is 23.8 Å². The lowest BCUT2D eigenvalue weighted by atomic mass is 10.1. The number of Topliss-reactive ketones (excluding diaryl/α,β-unsaturated/α-hetero) is 1. The van der Waals surface area contributed by atoms with Crippen LogP contribution in [0.1, 0.15) is 15.9 Å². The minimum Gasteiger partial charge on any atom is -0.870 e. The Morgan fingerprint density at radius 3 is 2.33 bits per heavy atom. The predicted octanol–water partition coefficient (Wildman–Crippen LogP) is 2.43. The first-order chi connectivity index (χ1) is 14.5. The highest BCUT2D eigenvalue weighted by Crippen LogP contribution is 2.17. The summed E-state index contributed by atoms with van der Waals surface area (Å²) in [6, 6.07) is 21.5. The van der Waals surface area contributed by atoms with Crippen LogP contribution in [0.15, 0.2) is 78.9 Å². The van der Waals surface area contributed by atoms with Gasteiger partial charge in [-0.1, -0.05) is 48.2 Å². The van der Waals surface area contributed by atoms with Crippen molar-refractivity contribution in [3.8, 4) is 0 Å². The maximum absolute atomic E-state index is 12.6. The van der Waals surface area contributed by atoms with E-state index in [0.717, 1.165) is 0 Å². The third kappa shape index (κ3) is 3.79. The molecule has 8 nitrogen and oxygen atoms in total. The van der Waals surface area contributed by atoms with E-state index >= 15 is 0 Å². The molecule has 30 heavy (non-hydrogen) atoms. The average Bonchev–Trinajstić information content (AvgIpc) is 3.11. The standard InChI is InChI=1S/C22H16N4O4/c27-21(16-6-2-1-3-7-16)14-24-19-8-4-5-9-20(19)25(23-24)15-22(28)17-10-12-18(13-11-17)26(29)30/h1-13,15H,14H2. The quantitative estimate of drug-likeness (QED) is 0.163. The molecule has 148 valence electrons. The number of para-hydroxylation sites is 2. The van der Waals surface area contributed by atoms with Crippen molar-refractivity contribution in [1.82, 2.24) is 9.90 Å². The number of hydrogen-bond acceptors (Lipinski definition) is 5. The Labute approximate surface area is 171 Å². The van der Waals surface area contributed by atoms with Crippen molar-refractivity contribution in [2.75, 3.05) is 0 Å². The van der Waals surface area contributed by atoms with Crippen LogP contribution < -0.4 is 9.79 Å². The molecule has 0 aliphatic heterocycles. The Bertz CT molecular complexity index is 1260. The van der Waals surface area contributed by atoms with Crippen molar-refractivity contribution >= 4 is 34.5 Å². The van der Waals surface area contributed by atoms with Crippen LogP contribution >= 0.6 is 0 Å². The number of fused-ring (bicyclic) bond motifs is 1. The molecule has 0 bridgehead atoms. The number of nitro groups is 1. The highest BCUT2D eigenvalue weighted by atomic mass is 16.6. The third-order valence-corrected chi connectivity index (χ3v) is 4.60. The maximum atomic E-state index is 12.6. The van der Waals surface area contributed by atoms with Crippen LogP contribution in [-0.2, 0) is 6.54 Å². The van der Waals surface area contributed by atoms with Gasteiger partial charge in [-0.15, -0.1) is 9.36 Å². The van der Waals surface area contributed by atoms with Gasteiger partial charge < -0.3 is 5.11 Å². The number of non-ortho nitro benzene ring substituents is 1. The van der Waals surface area contributed by atoms with E-state index in [0.29, 0.717) is 22.2 Å². The van der Waals surface area contributed by atoms with Crippen molar-refractivity contribution in [2.45, 2.75) is 6.54 Å². The Kier molecular flexibility index (Phi) is 5.04. The smallest absolute Gasteiger partial charge is 0.269 e. The van der Waals surface area contributed by atoms with Gasteiger partial charge >= 0.3 is 0 Å². The number of nitrogens with zero attached hydrogens (tertiary/aromatic N) is 4. The van der Waals surface area contributed by atoms with Gasteiger partial charge in [0.15, 0.2) is 12.1 Å². The summed E-state index contributed by atoms with van der Waals surface area (Å²) in [5.74, 6) is -0.461. The second-order valence-corrected chi connectivity index (χ2v) is 6.57. The van der Waals surface area contributed by atoms with E-state index in [9.17, 15) is 20.0 Å². The van der Waals surface area contributed by atoms with Gasteiger partial charge in [0, 0.05) is 17.7 Å². The topological polar surface area (TPSA) is 105 Å². The average molecular weight is 400 g/mol. The molecule has 0 spiro atoms. The van der Waals surface area contributed by atoms with Gasteiger partial charge in [0.1, 0.15) is 6.20 Å². The molecule has 0 fully saturated rings. The summed E-state index contributed by atoms with van der Waals surface area (Å²) >= 11 is 0. The molecule has 1 aromatic heterocycles. The second kappa shape index (κ2) is 7.96. The molecule has 0 atom stereocenters. The normalized spacial score (nSPS) is 11.5. The lowest BCUT2D eigenvalue weighted by Crippen LogP contribution is -2.40. The number of hydrogen-bond donors (Lipinski definition) is 0. The van der Waals surface area contributed by atoms with Crippen LogP contribution in [0.25, 0.3) is 23.0 Å². The first-order valence-electron chi connectivity index (χ1n) is 9.12. The van der Waals surface area contributed by atoms with Crippen molar-refractivity contribution in [3.63, 3.8) is 0 Å². The fraction of sp³-hybridized carbons (Fsp3) is 0.0455. The predicted molar refractivity (Wildman–Crippen MR) is 108 cm³/mol. The molecule has 1 heterocycles. The Morgan fingerprint density at radius 1 is 0.967 bits per heavy atom. The van der Waals surface area contributed by atoms with Crippen LogP contribution in [-0.4, -0.2) is 20.6 Å². The van der Waals surface area contributed by atoms with E-state index in [1.165, 1.54) is 35.1 Å². The van der Waals surface area contributed by atoms with E-state index in [4.69, 9.17) is 0 Å². The summed E-state index contributed by atoms with van der Waals surface area (Å²) in [5.41, 5.74) is 2.15. The summed E-state index contributed by atoms with van der Waals surface area (Å²) in [4.78, 5) is 22.9. The highest BCUT2D eigenvalue weighted by Gasteiger charge is 2.19. The number of nitro benzene ring substituents is 1. The van der Waals surface area contributed by atoms with Crippen molar-refractivity contribution < 1.29 is 19.5 Å². The molecule has 0 amide bonds. The molecule has 0 saturated heterocycles. The van der Waals surface area contributed by atoms with Crippen molar-refractivity contribution in [3.05, 3.63) is 100 Å². The van der Waals surface area contributed by atoms with Gasteiger partial charge in [0.05, 0.1) is 10.1 Å². The van der Waals surface area contributed by atoms with Crippen LogP contribution in [0.4, 0.5) is 5.69 Å². The molecule has 4 aromatic rings. The lowest BCUT2D eigenvalue weighted by molar-refractivity contribution is -0.719. The number of rotatable bonds is 6. The van der Waals surface area contributed by atoms with E-state index in [1.54, 1.807) is 35.0 Å². The number of carbonyl (C=O) groups is 1. The largest absolute Gasteiger partial charge is 0.870 e. The molecule has 0 aliphatic carbocycles. The monoisotopic (exact) mass is 400 g/mol. The zero-order valence-corrected chi connectivity index (χ0v) is 15.7. The second-order valence-electron chi connectivity index (χ2n) is 6.57. The first kappa shape index (κ1) is 19.0. The molecule has 0 radical (unpaired) electrons. The van der Waals surface area contributed by atoms with E-state index in [2.05, 4.69) is 5.21 Å². The van der Waals surface area contributed by atoms with Gasteiger partial charge in [-0.25, -0.2) is 0 Å². The van der Waals surface area contributed by atoms with Crippen LogP contribution in [0, 0.1) is 10.1 Å². The van der Waals surface area contributed by atoms with E-state index in [1.807, 2.05) is 24.3 Å². The number of ketones is 1. The van der Waals surface area contributed by atoms with E-state index < -0.39 is 4.92 Å². The fourth-order valence-corrected chi connectivity index (χ4v) is 3.09. The van der Waals surface area contributed by atoms with Gasteiger partial charge in [-0.2, -0.15) is 0 Å². The summed E-state index contributed by atoms with van der Waals surface area (Å²) < 4.78 is 2.96. The lowest BCUT2D eigenvalue weighted by Gasteiger charge is -2.09. The van der Waals surface area contributed by atoms with Gasteiger partial charge in [0.25, 0.3) is 5.69 Å². The maximum Gasteiger partial charge on any atom is 0.269 e. The Morgan fingerprint density at radius 2 is 1.63 bits per heavy atom. The molecule has 0 aliphatic rings. The van der Waals surface area contributed by atoms with Crippen LogP contribution in [0.2, 0.25) is 0 Å². The number of carbonyl (C=O) groups excluding carboxylic acids is 1.